The van der Waals surface area contributed by atoms with Gasteiger partial charge in [0.25, 0.3) is 5.89 Å². The molecular formula is C21H14ClFN8O2. The highest BCUT2D eigenvalue weighted by Crippen LogP contribution is 2.34. The van der Waals surface area contributed by atoms with Crippen LogP contribution in [0.2, 0.25) is 5.15 Å². The molecule has 12 heteroatoms. The molecule has 0 aromatic carbocycles. The number of aromatic nitrogens is 7. The maximum atomic E-state index is 14.1. The van der Waals surface area contributed by atoms with Crippen molar-refractivity contribution >= 4 is 23.0 Å². The first-order chi connectivity index (χ1) is 16.1. The van der Waals surface area contributed by atoms with Crippen molar-refractivity contribution in [2.75, 3.05) is 6.54 Å². The molecule has 5 aromatic rings. The van der Waals surface area contributed by atoms with Crippen molar-refractivity contribution in [2.24, 2.45) is 0 Å². The summed E-state index contributed by atoms with van der Waals surface area (Å²) in [6.07, 6.45) is 3.54. The van der Waals surface area contributed by atoms with Gasteiger partial charge in [-0.25, -0.2) is 18.9 Å². The highest BCUT2D eigenvalue weighted by atomic mass is 35.5. The number of nitrogens with one attached hydrogen (secondary N) is 1. The van der Waals surface area contributed by atoms with E-state index in [0.717, 1.165) is 11.2 Å². The molecule has 0 radical (unpaired) electrons. The van der Waals surface area contributed by atoms with E-state index in [9.17, 15) is 9.18 Å². The first kappa shape index (κ1) is 19.6. The maximum Gasteiger partial charge on any atom is 0.312 e. The number of rotatable bonds is 3. The van der Waals surface area contributed by atoms with Crippen molar-refractivity contribution in [2.45, 2.75) is 12.5 Å². The Bertz CT molecular complexity index is 1510. The van der Waals surface area contributed by atoms with Gasteiger partial charge in [-0.05, 0) is 30.3 Å². The number of hydrogen-bond donors (Lipinski definition) is 1. The third-order valence-electron chi connectivity index (χ3n) is 5.49. The van der Waals surface area contributed by atoms with E-state index in [-0.39, 0.29) is 17.5 Å². The Hall–Kier alpha value is -4.12. The van der Waals surface area contributed by atoms with E-state index in [2.05, 4.69) is 30.2 Å². The Balaban J connectivity index is 1.41. The van der Waals surface area contributed by atoms with E-state index in [1.165, 1.54) is 18.3 Å². The Labute approximate surface area is 190 Å². The van der Waals surface area contributed by atoms with Crippen molar-refractivity contribution in [3.8, 4) is 11.6 Å². The summed E-state index contributed by atoms with van der Waals surface area (Å²) in [5, 5.41) is 12.7. The summed E-state index contributed by atoms with van der Waals surface area (Å²) in [6, 6.07) is 9.34. The summed E-state index contributed by atoms with van der Waals surface area (Å²) in [7, 11) is 0. The first-order valence-corrected chi connectivity index (χ1v) is 10.4. The average molecular weight is 465 g/mol. The van der Waals surface area contributed by atoms with Gasteiger partial charge in [-0.1, -0.05) is 17.7 Å². The molecular weight excluding hydrogens is 451 g/mol. The summed E-state index contributed by atoms with van der Waals surface area (Å²) in [5.41, 5.74) is 2.82. The van der Waals surface area contributed by atoms with Gasteiger partial charge in [-0.3, -0.25) is 4.79 Å². The number of nitrogens with zero attached hydrogens (tertiary/aromatic N) is 7. The summed E-state index contributed by atoms with van der Waals surface area (Å²) >= 11 is 6.29. The zero-order valence-electron chi connectivity index (χ0n) is 16.8. The lowest BCUT2D eigenvalue weighted by Crippen LogP contribution is -2.41. The number of amides is 1. The van der Waals surface area contributed by atoms with Crippen LogP contribution in [-0.2, 0) is 6.42 Å². The zero-order valence-corrected chi connectivity index (χ0v) is 17.6. The molecule has 0 spiro atoms. The molecule has 0 aliphatic carbocycles. The molecule has 164 valence electrons. The molecule has 1 amide bonds. The summed E-state index contributed by atoms with van der Waals surface area (Å²) in [5.74, 6) is -1.60. The molecule has 6 heterocycles. The normalized spacial score (nSPS) is 15.7. The SMILES string of the molecule is O=C(c1nnc(-c2ncccc2F)o1)N1CCc2[nH]cnc2[C@H]1c1cc2cccc(Cl)n2n1. The van der Waals surface area contributed by atoms with Gasteiger partial charge in [-0.15, -0.1) is 10.2 Å². The number of halogens is 2. The second kappa shape index (κ2) is 7.48. The van der Waals surface area contributed by atoms with Crippen LogP contribution < -0.4 is 0 Å². The number of fused-ring (bicyclic) bond motifs is 2. The monoisotopic (exact) mass is 464 g/mol. The van der Waals surface area contributed by atoms with Crippen molar-refractivity contribution in [1.82, 2.24) is 39.7 Å². The Morgan fingerprint density at radius 2 is 2.12 bits per heavy atom. The van der Waals surface area contributed by atoms with Crippen LogP contribution in [0.5, 0.6) is 0 Å². The predicted molar refractivity (Wildman–Crippen MR) is 113 cm³/mol. The van der Waals surface area contributed by atoms with E-state index >= 15 is 0 Å². The van der Waals surface area contributed by atoms with Crippen LogP contribution in [0.15, 0.2) is 53.3 Å². The molecule has 33 heavy (non-hydrogen) atoms. The fraction of sp³-hybridized carbons (Fsp3) is 0.143. The van der Waals surface area contributed by atoms with Crippen LogP contribution >= 0.6 is 11.6 Å². The molecule has 0 unspecified atom stereocenters. The van der Waals surface area contributed by atoms with E-state index in [1.54, 1.807) is 21.8 Å². The number of aromatic amines is 1. The molecule has 0 saturated carbocycles. The highest BCUT2D eigenvalue weighted by Gasteiger charge is 2.38. The summed E-state index contributed by atoms with van der Waals surface area (Å²) in [4.78, 5) is 26.5. The molecule has 5 aromatic heterocycles. The number of carbonyl (C=O) groups is 1. The Kier molecular flexibility index (Phi) is 4.44. The molecule has 0 bridgehead atoms. The van der Waals surface area contributed by atoms with Crippen LogP contribution in [0.4, 0.5) is 4.39 Å². The number of H-pyrrole nitrogens is 1. The van der Waals surface area contributed by atoms with Crippen LogP contribution in [0, 0.1) is 5.82 Å². The summed E-state index contributed by atoms with van der Waals surface area (Å²) in [6.45, 7) is 0.357. The van der Waals surface area contributed by atoms with Crippen molar-refractivity contribution < 1.29 is 13.6 Å². The lowest BCUT2D eigenvalue weighted by Gasteiger charge is -2.32. The van der Waals surface area contributed by atoms with Gasteiger partial charge in [-0.2, -0.15) is 5.10 Å². The van der Waals surface area contributed by atoms with Gasteiger partial charge < -0.3 is 14.3 Å². The Morgan fingerprint density at radius 1 is 1.21 bits per heavy atom. The lowest BCUT2D eigenvalue weighted by molar-refractivity contribution is 0.0646. The number of imidazole rings is 1. The van der Waals surface area contributed by atoms with Crippen LogP contribution in [0.25, 0.3) is 17.1 Å². The standard InChI is InChI=1S/C21H14ClFN8O2/c22-15-5-1-3-11-9-14(29-31(11)15)18-17-13(25-10-26-17)6-8-30(18)21(32)20-28-27-19(33-20)16-12(23)4-2-7-24-16/h1-5,7,9-10,18H,6,8H2,(H,25,26)/t18-/m1/s1. The van der Waals surface area contributed by atoms with E-state index in [1.807, 2.05) is 18.2 Å². The number of hydrogen-bond acceptors (Lipinski definition) is 7. The van der Waals surface area contributed by atoms with Crippen LogP contribution in [-0.4, -0.2) is 52.1 Å². The number of carbonyl (C=O) groups excluding carboxylic acids is 1. The fourth-order valence-electron chi connectivity index (χ4n) is 4.00. The van der Waals surface area contributed by atoms with Gasteiger partial charge in [0.15, 0.2) is 11.5 Å². The average Bonchev–Trinajstić information content (AvgIpc) is 3.57. The molecule has 0 saturated heterocycles. The zero-order chi connectivity index (χ0) is 22.5. The van der Waals surface area contributed by atoms with E-state index in [4.69, 9.17) is 16.0 Å². The largest absolute Gasteiger partial charge is 0.411 e. The minimum absolute atomic E-state index is 0.121. The van der Waals surface area contributed by atoms with Crippen molar-refractivity contribution in [3.63, 3.8) is 0 Å². The third-order valence-corrected chi connectivity index (χ3v) is 5.78. The molecule has 1 N–H and O–H groups in total. The van der Waals surface area contributed by atoms with E-state index in [0.29, 0.717) is 29.5 Å². The maximum absolute atomic E-state index is 14.1. The highest BCUT2D eigenvalue weighted by molar-refractivity contribution is 6.29. The minimum atomic E-state index is -0.626. The minimum Gasteiger partial charge on any atom is -0.411 e. The predicted octanol–water partition coefficient (Wildman–Crippen LogP) is 3.08. The van der Waals surface area contributed by atoms with Crippen molar-refractivity contribution in [3.05, 3.63) is 82.9 Å². The summed E-state index contributed by atoms with van der Waals surface area (Å²) < 4.78 is 21.2. The van der Waals surface area contributed by atoms with Crippen LogP contribution in [0.1, 0.15) is 33.8 Å². The second-order valence-corrected chi connectivity index (χ2v) is 7.81. The molecule has 1 atom stereocenters. The van der Waals surface area contributed by atoms with Crippen molar-refractivity contribution in [1.29, 1.82) is 0 Å². The van der Waals surface area contributed by atoms with Gasteiger partial charge >= 0.3 is 11.8 Å². The quantitative estimate of drug-likeness (QED) is 0.407. The van der Waals surface area contributed by atoms with Gasteiger partial charge in [0.1, 0.15) is 11.2 Å². The number of pyridine rings is 2. The van der Waals surface area contributed by atoms with Gasteiger partial charge in [0.05, 0.1) is 23.2 Å². The first-order valence-electron chi connectivity index (χ1n) is 10.0. The smallest absolute Gasteiger partial charge is 0.312 e. The molecule has 1 aliphatic heterocycles. The van der Waals surface area contributed by atoms with Gasteiger partial charge in [0.2, 0.25) is 0 Å². The second-order valence-electron chi connectivity index (χ2n) is 7.42. The topological polar surface area (TPSA) is 118 Å². The molecule has 6 rings (SSSR count). The van der Waals surface area contributed by atoms with E-state index < -0.39 is 17.8 Å². The van der Waals surface area contributed by atoms with Crippen LogP contribution in [0.3, 0.4) is 0 Å². The molecule has 1 aliphatic rings. The lowest BCUT2D eigenvalue weighted by atomic mass is 9.99. The molecule has 0 fully saturated rings. The molecule has 10 nitrogen and oxygen atoms in total. The fourth-order valence-corrected chi connectivity index (χ4v) is 4.21. The Morgan fingerprint density at radius 3 is 2.97 bits per heavy atom. The van der Waals surface area contributed by atoms with Gasteiger partial charge in [0, 0.05) is 24.9 Å². The third kappa shape index (κ3) is 3.16.